The van der Waals surface area contributed by atoms with Crippen LogP contribution in [0.4, 0.5) is 0 Å². The summed E-state index contributed by atoms with van der Waals surface area (Å²) in [5, 5.41) is 12.2. The lowest BCUT2D eigenvalue weighted by atomic mass is 9.83. The van der Waals surface area contributed by atoms with Crippen LogP contribution in [0.1, 0.15) is 38.5 Å². The summed E-state index contributed by atoms with van der Waals surface area (Å²) >= 11 is 0. The van der Waals surface area contributed by atoms with Crippen molar-refractivity contribution >= 4 is 5.97 Å². The molecule has 2 N–H and O–H groups in total. The monoisotopic (exact) mass is 240 g/mol. The SMILES string of the molecule is CN(CC1CCCCC1)C1(CC(=O)O)CNC1. The molecule has 1 aliphatic carbocycles. The van der Waals surface area contributed by atoms with E-state index in [1.54, 1.807) is 0 Å². The molecule has 1 heterocycles. The summed E-state index contributed by atoms with van der Waals surface area (Å²) in [6.45, 7) is 2.71. The van der Waals surface area contributed by atoms with Crippen LogP contribution in [0.5, 0.6) is 0 Å². The molecule has 0 aromatic rings. The first kappa shape index (κ1) is 12.8. The van der Waals surface area contributed by atoms with E-state index in [9.17, 15) is 4.79 Å². The van der Waals surface area contributed by atoms with Crippen molar-refractivity contribution in [2.45, 2.75) is 44.1 Å². The van der Waals surface area contributed by atoms with Crippen LogP contribution >= 0.6 is 0 Å². The highest BCUT2D eigenvalue weighted by Gasteiger charge is 2.43. The predicted octanol–water partition coefficient (Wildman–Crippen LogP) is 1.32. The van der Waals surface area contributed by atoms with E-state index in [0.717, 1.165) is 25.6 Å². The fourth-order valence-corrected chi connectivity index (χ4v) is 3.18. The van der Waals surface area contributed by atoms with Crippen LogP contribution in [0, 0.1) is 5.92 Å². The van der Waals surface area contributed by atoms with E-state index in [0.29, 0.717) is 0 Å². The van der Waals surface area contributed by atoms with E-state index < -0.39 is 5.97 Å². The Balaban J connectivity index is 1.87. The number of likely N-dealkylation sites (N-methyl/N-ethyl adjacent to an activating group) is 1. The van der Waals surface area contributed by atoms with Gasteiger partial charge in [-0.15, -0.1) is 0 Å². The molecule has 0 bridgehead atoms. The molecule has 17 heavy (non-hydrogen) atoms. The van der Waals surface area contributed by atoms with Gasteiger partial charge in [-0.3, -0.25) is 9.69 Å². The van der Waals surface area contributed by atoms with Crippen LogP contribution in [-0.4, -0.2) is 48.2 Å². The first-order valence-electron chi connectivity index (χ1n) is 6.76. The minimum Gasteiger partial charge on any atom is -0.481 e. The van der Waals surface area contributed by atoms with Gasteiger partial charge in [-0.25, -0.2) is 0 Å². The number of carbonyl (C=O) groups is 1. The summed E-state index contributed by atoms with van der Waals surface area (Å²) in [5.41, 5.74) is -0.122. The Kier molecular flexibility index (Phi) is 4.05. The van der Waals surface area contributed by atoms with Gasteiger partial charge < -0.3 is 10.4 Å². The van der Waals surface area contributed by atoms with E-state index in [2.05, 4.69) is 17.3 Å². The highest BCUT2D eigenvalue weighted by Crippen LogP contribution is 2.29. The summed E-state index contributed by atoms with van der Waals surface area (Å²) < 4.78 is 0. The third-order valence-corrected chi connectivity index (χ3v) is 4.45. The number of nitrogens with one attached hydrogen (secondary N) is 1. The van der Waals surface area contributed by atoms with Crippen molar-refractivity contribution in [1.82, 2.24) is 10.2 Å². The summed E-state index contributed by atoms with van der Waals surface area (Å²) in [6, 6.07) is 0. The summed E-state index contributed by atoms with van der Waals surface area (Å²) in [7, 11) is 2.10. The van der Waals surface area contributed by atoms with Gasteiger partial charge in [-0.05, 0) is 25.8 Å². The molecule has 2 fully saturated rings. The first-order valence-corrected chi connectivity index (χ1v) is 6.76. The average Bonchev–Trinajstić information content (AvgIpc) is 2.24. The van der Waals surface area contributed by atoms with E-state index in [1.807, 2.05) is 0 Å². The molecule has 0 unspecified atom stereocenters. The van der Waals surface area contributed by atoms with E-state index in [4.69, 9.17) is 5.11 Å². The van der Waals surface area contributed by atoms with Gasteiger partial charge >= 0.3 is 5.97 Å². The number of nitrogens with zero attached hydrogens (tertiary/aromatic N) is 1. The summed E-state index contributed by atoms with van der Waals surface area (Å²) in [6.07, 6.45) is 6.98. The molecule has 1 aliphatic heterocycles. The van der Waals surface area contributed by atoms with Crippen molar-refractivity contribution in [1.29, 1.82) is 0 Å². The lowest BCUT2D eigenvalue weighted by Gasteiger charge is -2.49. The van der Waals surface area contributed by atoms with E-state index in [1.165, 1.54) is 32.1 Å². The normalized spacial score (nSPS) is 24.6. The van der Waals surface area contributed by atoms with Gasteiger partial charge in [0.05, 0.1) is 12.0 Å². The van der Waals surface area contributed by atoms with Gasteiger partial charge in [0.15, 0.2) is 0 Å². The van der Waals surface area contributed by atoms with Gasteiger partial charge in [0.25, 0.3) is 0 Å². The van der Waals surface area contributed by atoms with Gasteiger partial charge in [-0.1, -0.05) is 19.3 Å². The molecule has 0 spiro atoms. The van der Waals surface area contributed by atoms with Gasteiger partial charge in [0.1, 0.15) is 0 Å². The van der Waals surface area contributed by atoms with Crippen molar-refractivity contribution in [3.8, 4) is 0 Å². The lowest BCUT2D eigenvalue weighted by molar-refractivity contribution is -0.141. The van der Waals surface area contributed by atoms with Gasteiger partial charge in [-0.2, -0.15) is 0 Å². The Morgan fingerprint density at radius 2 is 2.00 bits per heavy atom. The maximum absolute atomic E-state index is 10.9. The maximum Gasteiger partial charge on any atom is 0.305 e. The van der Waals surface area contributed by atoms with Crippen LogP contribution < -0.4 is 5.32 Å². The van der Waals surface area contributed by atoms with Crippen LogP contribution in [0.3, 0.4) is 0 Å². The number of hydrogen-bond donors (Lipinski definition) is 2. The third-order valence-electron chi connectivity index (χ3n) is 4.45. The van der Waals surface area contributed by atoms with Crippen molar-refractivity contribution in [2.75, 3.05) is 26.7 Å². The van der Waals surface area contributed by atoms with Crippen molar-refractivity contribution in [2.24, 2.45) is 5.92 Å². The zero-order chi connectivity index (χ0) is 12.3. The minimum absolute atomic E-state index is 0.122. The molecule has 4 heteroatoms. The Bertz CT molecular complexity index is 271. The van der Waals surface area contributed by atoms with E-state index in [-0.39, 0.29) is 12.0 Å². The molecule has 1 saturated heterocycles. The molecule has 1 saturated carbocycles. The van der Waals surface area contributed by atoms with Gasteiger partial charge in [0, 0.05) is 19.6 Å². The number of aliphatic carboxylic acids is 1. The quantitative estimate of drug-likeness (QED) is 0.761. The van der Waals surface area contributed by atoms with Crippen molar-refractivity contribution < 1.29 is 9.90 Å². The Hall–Kier alpha value is -0.610. The topological polar surface area (TPSA) is 52.6 Å². The molecule has 4 nitrogen and oxygen atoms in total. The first-order chi connectivity index (χ1) is 8.12. The van der Waals surface area contributed by atoms with Crippen molar-refractivity contribution in [3.63, 3.8) is 0 Å². The number of hydrogen-bond acceptors (Lipinski definition) is 3. The standard InChI is InChI=1S/C13H24N2O2/c1-15(8-11-5-3-2-4-6-11)13(7-12(16)17)9-14-10-13/h11,14H,2-10H2,1H3,(H,16,17). The zero-order valence-corrected chi connectivity index (χ0v) is 10.7. The lowest BCUT2D eigenvalue weighted by Crippen LogP contribution is -2.69. The molecule has 0 amide bonds. The largest absolute Gasteiger partial charge is 0.481 e. The predicted molar refractivity (Wildman–Crippen MR) is 67.1 cm³/mol. The Morgan fingerprint density at radius 3 is 2.47 bits per heavy atom. The second-order valence-electron chi connectivity index (χ2n) is 5.78. The molecular weight excluding hydrogens is 216 g/mol. The number of carboxylic acid groups (broad SMARTS) is 1. The average molecular weight is 240 g/mol. The van der Waals surface area contributed by atoms with Crippen LogP contribution in [0.15, 0.2) is 0 Å². The molecule has 0 aromatic heterocycles. The molecule has 0 aromatic carbocycles. The third kappa shape index (κ3) is 2.99. The second-order valence-corrected chi connectivity index (χ2v) is 5.78. The highest BCUT2D eigenvalue weighted by atomic mass is 16.4. The zero-order valence-electron chi connectivity index (χ0n) is 10.7. The fourth-order valence-electron chi connectivity index (χ4n) is 3.18. The van der Waals surface area contributed by atoms with Crippen LogP contribution in [0.2, 0.25) is 0 Å². The Labute approximate surface area is 103 Å². The fraction of sp³-hybridized carbons (Fsp3) is 0.923. The van der Waals surface area contributed by atoms with Gasteiger partial charge in [0.2, 0.25) is 0 Å². The second kappa shape index (κ2) is 5.36. The molecular formula is C13H24N2O2. The highest BCUT2D eigenvalue weighted by molar-refractivity contribution is 5.68. The minimum atomic E-state index is -0.679. The Morgan fingerprint density at radius 1 is 1.35 bits per heavy atom. The summed E-state index contributed by atoms with van der Waals surface area (Å²) in [5.74, 6) is 0.0991. The molecule has 0 radical (unpaired) electrons. The number of rotatable bonds is 5. The van der Waals surface area contributed by atoms with Crippen LogP contribution in [0.25, 0.3) is 0 Å². The smallest absolute Gasteiger partial charge is 0.305 e. The van der Waals surface area contributed by atoms with E-state index >= 15 is 0 Å². The molecule has 2 rings (SSSR count). The van der Waals surface area contributed by atoms with Crippen molar-refractivity contribution in [3.05, 3.63) is 0 Å². The molecule has 98 valence electrons. The molecule has 2 aliphatic rings. The van der Waals surface area contributed by atoms with Crippen LogP contribution in [-0.2, 0) is 4.79 Å². The number of carboxylic acids is 1. The maximum atomic E-state index is 10.9. The summed E-state index contributed by atoms with van der Waals surface area (Å²) in [4.78, 5) is 13.2. The molecule has 0 atom stereocenters.